The summed E-state index contributed by atoms with van der Waals surface area (Å²) in [7, 11) is 0. The number of alkyl halides is 1. The lowest BCUT2D eigenvalue weighted by molar-refractivity contribution is 0.0979. The molecule has 1 aromatic carbocycles. The van der Waals surface area contributed by atoms with E-state index < -0.39 is 5.67 Å². The first-order valence-electron chi connectivity index (χ1n) is 5.78. The molecule has 0 bridgehead atoms. The summed E-state index contributed by atoms with van der Waals surface area (Å²) >= 11 is 0. The standard InChI is InChI=1S/C14H19FO/c1-4-5-6-13(16)11-7-9-12(10-8-11)14(2,3)15/h7-10H,4-6H2,1-3H3. The monoisotopic (exact) mass is 222 g/mol. The number of hydrogen-bond donors (Lipinski definition) is 0. The average Bonchev–Trinajstić information content (AvgIpc) is 2.25. The Labute approximate surface area is 96.7 Å². The summed E-state index contributed by atoms with van der Waals surface area (Å²) in [6.07, 6.45) is 2.51. The highest BCUT2D eigenvalue weighted by atomic mass is 19.1. The van der Waals surface area contributed by atoms with Crippen LogP contribution in [-0.2, 0) is 5.67 Å². The highest BCUT2D eigenvalue weighted by Crippen LogP contribution is 2.24. The number of hydrogen-bond acceptors (Lipinski definition) is 1. The van der Waals surface area contributed by atoms with E-state index in [2.05, 4.69) is 6.92 Å². The van der Waals surface area contributed by atoms with Crippen LogP contribution >= 0.6 is 0 Å². The van der Waals surface area contributed by atoms with Gasteiger partial charge in [-0.05, 0) is 25.8 Å². The molecule has 0 amide bonds. The van der Waals surface area contributed by atoms with Gasteiger partial charge in [-0.15, -0.1) is 0 Å². The maximum atomic E-state index is 13.6. The van der Waals surface area contributed by atoms with Crippen LogP contribution in [0.15, 0.2) is 24.3 Å². The molecule has 0 aliphatic rings. The minimum atomic E-state index is -1.34. The zero-order valence-corrected chi connectivity index (χ0v) is 10.2. The molecule has 0 saturated heterocycles. The largest absolute Gasteiger partial charge is 0.294 e. The Bertz CT molecular complexity index is 346. The number of Topliss-reactive ketones (excluding diaryl/α,β-unsaturated/α-hetero) is 1. The number of ketones is 1. The molecule has 0 aliphatic carbocycles. The fourth-order valence-electron chi connectivity index (χ4n) is 1.53. The van der Waals surface area contributed by atoms with Crippen LogP contribution < -0.4 is 0 Å². The molecule has 0 heterocycles. The first-order valence-corrected chi connectivity index (χ1v) is 5.78. The van der Waals surface area contributed by atoms with Crippen molar-refractivity contribution in [3.63, 3.8) is 0 Å². The van der Waals surface area contributed by atoms with Gasteiger partial charge in [0.1, 0.15) is 5.67 Å². The van der Waals surface area contributed by atoms with Crippen LogP contribution in [0.5, 0.6) is 0 Å². The molecule has 0 aliphatic heterocycles. The summed E-state index contributed by atoms with van der Waals surface area (Å²) in [5.41, 5.74) is -0.0497. The number of unbranched alkanes of at least 4 members (excludes halogenated alkanes) is 1. The first-order chi connectivity index (χ1) is 7.45. The third kappa shape index (κ3) is 3.44. The minimum Gasteiger partial charge on any atom is -0.294 e. The predicted octanol–water partition coefficient (Wildman–Crippen LogP) is 4.26. The van der Waals surface area contributed by atoms with Gasteiger partial charge in [-0.25, -0.2) is 4.39 Å². The van der Waals surface area contributed by atoms with Crippen LogP contribution in [0.2, 0.25) is 0 Å². The number of carbonyl (C=O) groups excluding carboxylic acids is 1. The lowest BCUT2D eigenvalue weighted by atomic mass is 9.97. The molecule has 0 fully saturated rings. The molecule has 16 heavy (non-hydrogen) atoms. The quantitative estimate of drug-likeness (QED) is 0.680. The topological polar surface area (TPSA) is 17.1 Å². The Kier molecular flexibility index (Phi) is 4.22. The highest BCUT2D eigenvalue weighted by molar-refractivity contribution is 5.96. The number of carbonyl (C=O) groups is 1. The molecule has 0 saturated carbocycles. The summed E-state index contributed by atoms with van der Waals surface area (Å²) in [6.45, 7) is 5.09. The second kappa shape index (κ2) is 5.24. The molecular weight excluding hydrogens is 203 g/mol. The SMILES string of the molecule is CCCCC(=O)c1ccc(C(C)(C)F)cc1. The molecule has 2 heteroatoms. The summed E-state index contributed by atoms with van der Waals surface area (Å²) in [4.78, 5) is 11.7. The van der Waals surface area contributed by atoms with Crippen molar-refractivity contribution in [2.75, 3.05) is 0 Å². The van der Waals surface area contributed by atoms with E-state index in [4.69, 9.17) is 0 Å². The third-order valence-electron chi connectivity index (χ3n) is 2.65. The fraction of sp³-hybridized carbons (Fsp3) is 0.500. The van der Waals surface area contributed by atoms with Gasteiger partial charge >= 0.3 is 0 Å². The van der Waals surface area contributed by atoms with Crippen molar-refractivity contribution in [1.29, 1.82) is 0 Å². The smallest absolute Gasteiger partial charge is 0.162 e. The molecule has 0 aromatic heterocycles. The van der Waals surface area contributed by atoms with Gasteiger partial charge in [0.05, 0.1) is 0 Å². The van der Waals surface area contributed by atoms with Crippen molar-refractivity contribution in [3.8, 4) is 0 Å². The van der Waals surface area contributed by atoms with Gasteiger partial charge in [-0.2, -0.15) is 0 Å². The van der Waals surface area contributed by atoms with E-state index in [1.54, 1.807) is 24.3 Å². The summed E-state index contributed by atoms with van der Waals surface area (Å²) in [6, 6.07) is 6.82. The zero-order valence-electron chi connectivity index (χ0n) is 10.2. The molecule has 0 spiro atoms. The minimum absolute atomic E-state index is 0.144. The van der Waals surface area contributed by atoms with E-state index in [1.807, 2.05) is 0 Å². The van der Waals surface area contributed by atoms with Crippen LogP contribution in [0.3, 0.4) is 0 Å². The van der Waals surface area contributed by atoms with Crippen molar-refractivity contribution in [3.05, 3.63) is 35.4 Å². The van der Waals surface area contributed by atoms with E-state index in [0.29, 0.717) is 17.5 Å². The van der Waals surface area contributed by atoms with Crippen molar-refractivity contribution in [2.24, 2.45) is 0 Å². The van der Waals surface area contributed by atoms with Crippen LogP contribution in [0, 0.1) is 0 Å². The van der Waals surface area contributed by atoms with E-state index >= 15 is 0 Å². The molecule has 1 rings (SSSR count). The second-order valence-corrected chi connectivity index (χ2v) is 4.58. The lowest BCUT2D eigenvalue weighted by Gasteiger charge is -2.14. The Morgan fingerprint density at radius 3 is 2.25 bits per heavy atom. The normalized spacial score (nSPS) is 11.5. The van der Waals surface area contributed by atoms with E-state index in [0.717, 1.165) is 12.8 Å². The van der Waals surface area contributed by atoms with E-state index in [1.165, 1.54) is 13.8 Å². The van der Waals surface area contributed by atoms with Gasteiger partial charge in [0.2, 0.25) is 0 Å². The molecule has 0 N–H and O–H groups in total. The van der Waals surface area contributed by atoms with Gasteiger partial charge in [-0.3, -0.25) is 4.79 Å². The maximum Gasteiger partial charge on any atom is 0.162 e. The number of halogens is 1. The van der Waals surface area contributed by atoms with Gasteiger partial charge in [0, 0.05) is 12.0 Å². The molecule has 1 aromatic rings. The summed E-state index contributed by atoms with van der Waals surface area (Å²) in [5.74, 6) is 0.144. The second-order valence-electron chi connectivity index (χ2n) is 4.58. The fourth-order valence-corrected chi connectivity index (χ4v) is 1.53. The number of benzene rings is 1. The molecule has 0 atom stereocenters. The van der Waals surface area contributed by atoms with Crippen LogP contribution in [0.4, 0.5) is 4.39 Å². The van der Waals surface area contributed by atoms with Crippen molar-refractivity contribution >= 4 is 5.78 Å². The van der Waals surface area contributed by atoms with Gasteiger partial charge in [-0.1, -0.05) is 37.6 Å². The van der Waals surface area contributed by atoms with Crippen LogP contribution in [-0.4, -0.2) is 5.78 Å². The lowest BCUT2D eigenvalue weighted by Crippen LogP contribution is -2.09. The third-order valence-corrected chi connectivity index (χ3v) is 2.65. The Morgan fingerprint density at radius 2 is 1.81 bits per heavy atom. The van der Waals surface area contributed by atoms with Crippen molar-refractivity contribution < 1.29 is 9.18 Å². The predicted molar refractivity (Wildman–Crippen MR) is 64.4 cm³/mol. The Balaban J connectivity index is 2.75. The molecule has 0 unspecified atom stereocenters. The van der Waals surface area contributed by atoms with Gasteiger partial charge in [0.25, 0.3) is 0 Å². The van der Waals surface area contributed by atoms with E-state index in [9.17, 15) is 9.18 Å². The molecule has 88 valence electrons. The highest BCUT2D eigenvalue weighted by Gasteiger charge is 2.18. The summed E-state index contributed by atoms with van der Waals surface area (Å²) in [5, 5.41) is 0. The molecule has 1 nitrogen and oxygen atoms in total. The summed E-state index contributed by atoms with van der Waals surface area (Å²) < 4.78 is 13.6. The average molecular weight is 222 g/mol. The van der Waals surface area contributed by atoms with Crippen LogP contribution in [0.25, 0.3) is 0 Å². The zero-order chi connectivity index (χ0) is 12.2. The van der Waals surface area contributed by atoms with Crippen molar-refractivity contribution in [2.45, 2.75) is 45.7 Å². The van der Waals surface area contributed by atoms with Crippen molar-refractivity contribution in [1.82, 2.24) is 0 Å². The Morgan fingerprint density at radius 1 is 1.25 bits per heavy atom. The molecule has 0 radical (unpaired) electrons. The van der Waals surface area contributed by atoms with Gasteiger partial charge < -0.3 is 0 Å². The van der Waals surface area contributed by atoms with Gasteiger partial charge in [0.15, 0.2) is 5.78 Å². The van der Waals surface area contributed by atoms with Crippen LogP contribution in [0.1, 0.15) is 56.0 Å². The van der Waals surface area contributed by atoms with E-state index in [-0.39, 0.29) is 5.78 Å². The molecular formula is C14H19FO. The maximum absolute atomic E-state index is 13.6. The first kappa shape index (κ1) is 12.9. The Hall–Kier alpha value is -1.18. The number of rotatable bonds is 5.